The molecule has 2 N–H and O–H groups in total. The number of carbonyl (C=O) groups excluding carboxylic acids is 1. The van der Waals surface area contributed by atoms with Crippen molar-refractivity contribution >= 4 is 18.3 Å². The molecular weight excluding hydrogens is 328 g/mol. The lowest BCUT2D eigenvalue weighted by Crippen LogP contribution is -2.38. The minimum absolute atomic E-state index is 0. The Balaban J connectivity index is 0.00000288. The smallest absolute Gasteiger partial charge is 0.251 e. The highest BCUT2D eigenvalue weighted by atomic mass is 35.5. The number of halogens is 1. The van der Waals surface area contributed by atoms with E-state index < -0.39 is 0 Å². The van der Waals surface area contributed by atoms with Crippen LogP contribution < -0.4 is 20.1 Å². The molecule has 6 heteroatoms. The molecule has 0 bridgehead atoms. The largest absolute Gasteiger partial charge is 0.493 e. The van der Waals surface area contributed by atoms with Crippen molar-refractivity contribution < 1.29 is 14.3 Å². The maximum Gasteiger partial charge on any atom is 0.251 e. The predicted molar refractivity (Wildman–Crippen MR) is 98.5 cm³/mol. The molecule has 1 heterocycles. The van der Waals surface area contributed by atoms with Crippen LogP contribution in [0.5, 0.6) is 11.5 Å². The first-order valence-electron chi connectivity index (χ1n) is 8.40. The maximum atomic E-state index is 12.3. The summed E-state index contributed by atoms with van der Waals surface area (Å²) < 4.78 is 11.1. The van der Waals surface area contributed by atoms with E-state index in [9.17, 15) is 4.79 Å². The zero-order chi connectivity index (χ0) is 16.7. The lowest BCUT2D eigenvalue weighted by molar-refractivity contribution is 0.0944. The third-order valence-electron chi connectivity index (χ3n) is 3.95. The number of hydrogen-bond donors (Lipinski definition) is 2. The van der Waals surface area contributed by atoms with E-state index >= 15 is 0 Å². The van der Waals surface area contributed by atoms with Crippen molar-refractivity contribution in [1.29, 1.82) is 0 Å². The van der Waals surface area contributed by atoms with Crippen LogP contribution in [0.15, 0.2) is 18.2 Å². The second-order valence-electron chi connectivity index (χ2n) is 6.49. The summed E-state index contributed by atoms with van der Waals surface area (Å²) in [5, 5.41) is 6.37. The Morgan fingerprint density at radius 1 is 1.38 bits per heavy atom. The summed E-state index contributed by atoms with van der Waals surface area (Å²) >= 11 is 0. The fraction of sp³-hybridized carbons (Fsp3) is 0.611. The molecule has 0 radical (unpaired) electrons. The van der Waals surface area contributed by atoms with Crippen LogP contribution in [0.2, 0.25) is 0 Å². The summed E-state index contributed by atoms with van der Waals surface area (Å²) in [4.78, 5) is 12.3. The summed E-state index contributed by atoms with van der Waals surface area (Å²) in [5.74, 6) is 2.16. The molecule has 5 nitrogen and oxygen atoms in total. The minimum Gasteiger partial charge on any atom is -0.493 e. The first kappa shape index (κ1) is 20.6. The van der Waals surface area contributed by atoms with Crippen molar-refractivity contribution in [3.8, 4) is 11.5 Å². The molecule has 0 aromatic heterocycles. The van der Waals surface area contributed by atoms with Crippen LogP contribution in [0.25, 0.3) is 0 Å². The minimum atomic E-state index is -0.0655. The van der Waals surface area contributed by atoms with Crippen molar-refractivity contribution in [3.63, 3.8) is 0 Å². The number of ether oxygens (including phenoxy) is 2. The lowest BCUT2D eigenvalue weighted by atomic mass is 9.99. The average Bonchev–Trinajstić information content (AvgIpc) is 2.58. The number of nitrogens with one attached hydrogen (secondary N) is 2. The van der Waals surface area contributed by atoms with Gasteiger partial charge in [-0.2, -0.15) is 0 Å². The van der Waals surface area contributed by atoms with Gasteiger partial charge in [-0.3, -0.25) is 4.79 Å². The highest BCUT2D eigenvalue weighted by molar-refractivity contribution is 5.94. The van der Waals surface area contributed by atoms with Gasteiger partial charge in [0.05, 0.1) is 13.7 Å². The molecule has 1 aromatic rings. The summed E-state index contributed by atoms with van der Waals surface area (Å²) in [5.41, 5.74) is 0.600. The third kappa shape index (κ3) is 6.21. The summed E-state index contributed by atoms with van der Waals surface area (Å²) in [6.45, 7) is 7.57. The van der Waals surface area contributed by atoms with Gasteiger partial charge >= 0.3 is 0 Å². The molecule has 2 rings (SSSR count). The number of hydrogen-bond acceptors (Lipinski definition) is 4. The fourth-order valence-electron chi connectivity index (χ4n) is 2.62. The van der Waals surface area contributed by atoms with E-state index in [1.807, 2.05) is 0 Å². The van der Waals surface area contributed by atoms with Gasteiger partial charge in [0, 0.05) is 12.1 Å². The van der Waals surface area contributed by atoms with E-state index in [4.69, 9.17) is 9.47 Å². The second kappa shape index (κ2) is 10.4. The number of methoxy groups -OCH3 is 1. The zero-order valence-corrected chi connectivity index (χ0v) is 15.6. The molecule has 136 valence electrons. The first-order chi connectivity index (χ1) is 11.1. The van der Waals surface area contributed by atoms with E-state index in [1.54, 1.807) is 25.3 Å². The topological polar surface area (TPSA) is 59.6 Å². The highest BCUT2D eigenvalue weighted by Gasteiger charge is 2.16. The Labute approximate surface area is 150 Å². The maximum absolute atomic E-state index is 12.3. The van der Waals surface area contributed by atoms with Gasteiger partial charge in [-0.15, -0.1) is 12.4 Å². The number of benzene rings is 1. The van der Waals surface area contributed by atoms with Crippen LogP contribution >= 0.6 is 12.4 Å². The second-order valence-corrected chi connectivity index (χ2v) is 6.49. The standard InChI is InChI=1S/C18H28N2O3.ClH/c1-13(2)12-23-16-7-6-15(9-17(16)22-3)18(21)20-11-14-5-4-8-19-10-14;/h6-7,9,13-14,19H,4-5,8,10-12H2,1-3H3,(H,20,21);1H. The molecule has 0 aliphatic carbocycles. The van der Waals surface area contributed by atoms with Gasteiger partial charge in [-0.1, -0.05) is 13.8 Å². The average molecular weight is 357 g/mol. The van der Waals surface area contributed by atoms with Gasteiger partial charge in [-0.25, -0.2) is 0 Å². The SMILES string of the molecule is COc1cc(C(=O)NCC2CCCNC2)ccc1OCC(C)C.Cl. The van der Waals surface area contributed by atoms with E-state index in [0.29, 0.717) is 42.0 Å². The van der Waals surface area contributed by atoms with Crippen LogP contribution in [0.3, 0.4) is 0 Å². The molecule has 1 aliphatic rings. The molecule has 1 atom stereocenters. The molecule has 1 amide bonds. The molecule has 24 heavy (non-hydrogen) atoms. The normalized spacial score (nSPS) is 17.1. The van der Waals surface area contributed by atoms with Crippen molar-refractivity contribution in [2.45, 2.75) is 26.7 Å². The molecular formula is C18H29ClN2O3. The van der Waals surface area contributed by atoms with E-state index in [0.717, 1.165) is 13.1 Å². The monoisotopic (exact) mass is 356 g/mol. The Kier molecular flexibility index (Phi) is 8.93. The van der Waals surface area contributed by atoms with E-state index in [1.165, 1.54) is 12.8 Å². The lowest BCUT2D eigenvalue weighted by Gasteiger charge is -2.23. The van der Waals surface area contributed by atoms with Crippen molar-refractivity contribution in [2.24, 2.45) is 11.8 Å². The quantitative estimate of drug-likeness (QED) is 0.788. The molecule has 1 unspecified atom stereocenters. The molecule has 1 saturated heterocycles. The van der Waals surface area contributed by atoms with Crippen molar-refractivity contribution in [3.05, 3.63) is 23.8 Å². The van der Waals surface area contributed by atoms with Crippen LogP contribution in [0.1, 0.15) is 37.0 Å². The van der Waals surface area contributed by atoms with Gasteiger partial charge in [-0.05, 0) is 56.0 Å². The Morgan fingerprint density at radius 3 is 2.79 bits per heavy atom. The fourth-order valence-corrected chi connectivity index (χ4v) is 2.62. The number of carbonyl (C=O) groups is 1. The summed E-state index contributed by atoms with van der Waals surface area (Å²) in [7, 11) is 1.59. The van der Waals surface area contributed by atoms with Crippen molar-refractivity contribution in [2.75, 3.05) is 33.4 Å². The third-order valence-corrected chi connectivity index (χ3v) is 3.95. The summed E-state index contributed by atoms with van der Waals surface area (Å²) in [6, 6.07) is 5.33. The highest BCUT2D eigenvalue weighted by Crippen LogP contribution is 2.28. The molecule has 1 aromatic carbocycles. The van der Waals surface area contributed by atoms with Crippen LogP contribution in [-0.2, 0) is 0 Å². The van der Waals surface area contributed by atoms with Gasteiger partial charge in [0.25, 0.3) is 5.91 Å². The molecule has 0 saturated carbocycles. The van der Waals surface area contributed by atoms with Crippen LogP contribution in [0, 0.1) is 11.8 Å². The molecule has 0 spiro atoms. The summed E-state index contributed by atoms with van der Waals surface area (Å²) in [6.07, 6.45) is 2.34. The van der Waals surface area contributed by atoms with Gasteiger partial charge in [0.1, 0.15) is 0 Å². The molecule has 1 fully saturated rings. The number of amides is 1. The Bertz CT molecular complexity index is 517. The van der Waals surface area contributed by atoms with Gasteiger partial charge in [0.2, 0.25) is 0 Å². The molecule has 1 aliphatic heterocycles. The van der Waals surface area contributed by atoms with E-state index in [2.05, 4.69) is 24.5 Å². The van der Waals surface area contributed by atoms with Crippen molar-refractivity contribution in [1.82, 2.24) is 10.6 Å². The zero-order valence-electron chi connectivity index (χ0n) is 14.8. The number of piperidine rings is 1. The number of rotatable bonds is 7. The van der Waals surface area contributed by atoms with Crippen LogP contribution in [-0.4, -0.2) is 39.3 Å². The van der Waals surface area contributed by atoms with Crippen LogP contribution in [0.4, 0.5) is 0 Å². The predicted octanol–water partition coefficient (Wildman–Crippen LogP) is 2.88. The van der Waals surface area contributed by atoms with E-state index in [-0.39, 0.29) is 18.3 Å². The Hall–Kier alpha value is -1.46. The van der Waals surface area contributed by atoms with Gasteiger partial charge < -0.3 is 20.1 Å². The first-order valence-corrected chi connectivity index (χ1v) is 8.40. The van der Waals surface area contributed by atoms with Gasteiger partial charge in [0.15, 0.2) is 11.5 Å². The Morgan fingerprint density at radius 2 is 2.17 bits per heavy atom.